The van der Waals surface area contributed by atoms with Crippen molar-refractivity contribution >= 4 is 38.6 Å². The zero-order valence-corrected chi connectivity index (χ0v) is 29.1. The number of hydrogen-bond donors (Lipinski definition) is 3. The van der Waals surface area contributed by atoms with Gasteiger partial charge in [0.25, 0.3) is 5.91 Å². The minimum atomic E-state index is -4.63. The monoisotopic (exact) mass is 737 g/mol. The third-order valence-corrected chi connectivity index (χ3v) is 11.7. The van der Waals surface area contributed by atoms with Gasteiger partial charge in [-0.3, -0.25) is 19.1 Å². The normalized spacial score (nSPS) is 27.5. The number of sulfonamides is 1. The Morgan fingerprint density at radius 1 is 1.16 bits per heavy atom. The number of carbonyl (C=O) groups excluding carboxylic acids is 3. The maximum atomic E-state index is 14.1. The number of hydrogen-bond acceptors (Lipinski definition) is 10. The number of benzene rings is 1. The highest BCUT2D eigenvalue weighted by molar-refractivity contribution is 7.91. The van der Waals surface area contributed by atoms with E-state index in [1.165, 1.54) is 18.1 Å². The maximum Gasteiger partial charge on any atom is 0.422 e. The number of nitrogens with zero attached hydrogens (tertiary/aromatic N) is 2. The number of carbonyl (C=O) groups is 3. The van der Waals surface area contributed by atoms with Crippen LogP contribution >= 0.6 is 0 Å². The van der Waals surface area contributed by atoms with E-state index in [0.29, 0.717) is 48.8 Å². The minimum Gasteiger partial charge on any atom is -0.496 e. The van der Waals surface area contributed by atoms with Gasteiger partial charge in [-0.25, -0.2) is 13.4 Å². The van der Waals surface area contributed by atoms with Crippen LogP contribution in [0, 0.1) is 12.8 Å². The summed E-state index contributed by atoms with van der Waals surface area (Å²) in [5.41, 5.74) is 5.61. The zero-order chi connectivity index (χ0) is 36.7. The molecule has 3 fully saturated rings. The largest absolute Gasteiger partial charge is 0.496 e. The molecule has 278 valence electrons. The Kier molecular flexibility index (Phi) is 10.2. The van der Waals surface area contributed by atoms with Gasteiger partial charge in [-0.2, -0.15) is 13.2 Å². The molecule has 2 aliphatic carbocycles. The van der Waals surface area contributed by atoms with Crippen LogP contribution in [0.3, 0.4) is 0 Å². The predicted molar refractivity (Wildman–Crippen MR) is 178 cm³/mol. The second-order valence-electron chi connectivity index (χ2n) is 13.8. The summed E-state index contributed by atoms with van der Waals surface area (Å²) in [4.78, 5) is 47.0. The maximum absolute atomic E-state index is 14.1. The molecule has 0 spiro atoms. The first-order chi connectivity index (χ1) is 24.1. The summed E-state index contributed by atoms with van der Waals surface area (Å²) in [5.74, 6) is -2.26. The van der Waals surface area contributed by atoms with Crippen LogP contribution in [0.15, 0.2) is 30.4 Å². The van der Waals surface area contributed by atoms with E-state index in [9.17, 15) is 36.0 Å². The van der Waals surface area contributed by atoms with E-state index in [2.05, 4.69) is 15.0 Å². The highest BCUT2D eigenvalue weighted by Gasteiger charge is 2.62. The molecule has 13 nitrogen and oxygen atoms in total. The van der Waals surface area contributed by atoms with E-state index < -0.39 is 75.4 Å². The molecule has 4 N–H and O–H groups in total. The third-order valence-electron chi connectivity index (χ3n) is 9.90. The van der Waals surface area contributed by atoms with Gasteiger partial charge in [-0.15, -0.1) is 0 Å². The lowest BCUT2D eigenvalue weighted by Crippen LogP contribution is -2.57. The number of amides is 3. The summed E-state index contributed by atoms with van der Waals surface area (Å²) < 4.78 is 83.5. The molecule has 1 saturated heterocycles. The molecule has 6 rings (SSSR count). The van der Waals surface area contributed by atoms with Crippen molar-refractivity contribution in [1.82, 2.24) is 19.9 Å². The fraction of sp³-hybridized carbons (Fsp3) is 0.588. The van der Waals surface area contributed by atoms with Crippen molar-refractivity contribution in [3.8, 4) is 17.4 Å². The van der Waals surface area contributed by atoms with Crippen LogP contribution < -0.4 is 30.0 Å². The van der Waals surface area contributed by atoms with Crippen LogP contribution in [-0.4, -0.2) is 91.4 Å². The van der Waals surface area contributed by atoms with E-state index in [1.807, 2.05) is 12.2 Å². The van der Waals surface area contributed by atoms with Gasteiger partial charge in [0.1, 0.15) is 29.2 Å². The number of aryl methyl sites for hydroxylation is 1. The van der Waals surface area contributed by atoms with Gasteiger partial charge in [0.2, 0.25) is 27.7 Å². The number of pyridine rings is 1. The number of aromatic nitrogens is 1. The number of halogens is 3. The Bertz CT molecular complexity index is 1840. The smallest absolute Gasteiger partial charge is 0.422 e. The van der Waals surface area contributed by atoms with Crippen LogP contribution in [0.2, 0.25) is 0 Å². The number of rotatable bonds is 8. The van der Waals surface area contributed by atoms with Gasteiger partial charge in [-0.1, -0.05) is 25.0 Å². The van der Waals surface area contributed by atoms with Gasteiger partial charge in [0.05, 0.1) is 30.5 Å². The predicted octanol–water partition coefficient (Wildman–Crippen LogP) is 3.17. The number of alkyl halides is 3. The summed E-state index contributed by atoms with van der Waals surface area (Å²) in [6, 6.07) is 2.45. The first-order valence-electron chi connectivity index (χ1n) is 17.1. The van der Waals surface area contributed by atoms with E-state index in [-0.39, 0.29) is 36.5 Å². The standard InChI is InChI=1S/C34H42F3N5O8S/c1-19-26(48-2)13-12-23-27(15-28(39-29(19)23)49-18-34(35,36)37)50-21-14-25-30(43)40-33(32(45)41-51(46,47)22-10-11-22)16-20(33)8-6-4-3-5-7-9-24(38)31(44)42(25)17-21/h6,8,12-13,15,20-22,24-25H,3-5,7,9-11,14,16-18,38H2,1-2H3,(H,40,43)(H,41,45). The summed E-state index contributed by atoms with van der Waals surface area (Å²) in [6.07, 6.45) is 2.65. The van der Waals surface area contributed by atoms with Crippen molar-refractivity contribution < 1.29 is 50.2 Å². The molecule has 5 atom stereocenters. The van der Waals surface area contributed by atoms with Crippen LogP contribution in [0.1, 0.15) is 63.4 Å². The second kappa shape index (κ2) is 14.1. The summed E-state index contributed by atoms with van der Waals surface area (Å²) in [6.45, 7) is -0.00134. The average Bonchev–Trinajstić information content (AvgIpc) is 4.00. The van der Waals surface area contributed by atoms with E-state index in [0.717, 1.165) is 12.8 Å². The highest BCUT2D eigenvalue weighted by Crippen LogP contribution is 2.46. The minimum absolute atomic E-state index is 0.0550. The highest BCUT2D eigenvalue weighted by atomic mass is 32.2. The Morgan fingerprint density at radius 3 is 2.63 bits per heavy atom. The van der Waals surface area contributed by atoms with Crippen molar-refractivity contribution in [2.45, 2.75) is 99.9 Å². The fourth-order valence-corrected chi connectivity index (χ4v) is 8.19. The number of nitrogens with two attached hydrogens (primary N) is 1. The molecule has 51 heavy (non-hydrogen) atoms. The average molecular weight is 738 g/mol. The number of ether oxygens (including phenoxy) is 3. The number of nitrogens with one attached hydrogen (secondary N) is 2. The Labute approximate surface area is 293 Å². The summed E-state index contributed by atoms with van der Waals surface area (Å²) in [5, 5.41) is 2.57. The number of allylic oxidation sites excluding steroid dienone is 1. The van der Waals surface area contributed by atoms with Gasteiger partial charge < -0.3 is 30.2 Å². The molecule has 0 radical (unpaired) electrons. The molecule has 5 unspecified atom stereocenters. The second-order valence-corrected chi connectivity index (χ2v) is 15.7. The van der Waals surface area contributed by atoms with Crippen LogP contribution in [0.25, 0.3) is 10.9 Å². The molecule has 3 amide bonds. The SMILES string of the molecule is COc1ccc2c(OC3CC4C(=O)NC5(C(=O)NS(=O)(=O)C6CC6)CC5C=CCCCCCC(N)C(=O)N4C3)cc(OCC(F)(F)F)nc2c1C. The van der Waals surface area contributed by atoms with Crippen molar-refractivity contribution in [2.75, 3.05) is 20.3 Å². The van der Waals surface area contributed by atoms with Crippen LogP contribution in [0.5, 0.6) is 17.4 Å². The lowest BCUT2D eigenvalue weighted by atomic mass is 10.1. The lowest BCUT2D eigenvalue weighted by Gasteiger charge is -2.28. The van der Waals surface area contributed by atoms with Crippen molar-refractivity contribution in [2.24, 2.45) is 11.7 Å². The molecule has 1 aromatic carbocycles. The molecular weight excluding hydrogens is 695 g/mol. The number of methoxy groups -OCH3 is 1. The van der Waals surface area contributed by atoms with Crippen molar-refractivity contribution in [3.05, 3.63) is 35.9 Å². The van der Waals surface area contributed by atoms with E-state index in [1.54, 1.807) is 19.1 Å². The molecule has 4 aliphatic rings. The molecule has 17 heteroatoms. The molecule has 3 heterocycles. The summed E-state index contributed by atoms with van der Waals surface area (Å²) >= 11 is 0. The van der Waals surface area contributed by atoms with Gasteiger partial charge in [0.15, 0.2) is 6.61 Å². The molecule has 2 saturated carbocycles. The van der Waals surface area contributed by atoms with Gasteiger partial charge in [-0.05, 0) is 57.6 Å². The third kappa shape index (κ3) is 8.03. The Hall–Kier alpha value is -4.12. The van der Waals surface area contributed by atoms with E-state index >= 15 is 0 Å². The molecule has 1 aromatic heterocycles. The Balaban J connectivity index is 1.30. The topological polar surface area (TPSA) is 179 Å². The summed E-state index contributed by atoms with van der Waals surface area (Å²) in [7, 11) is -2.46. The molecule has 2 aromatic rings. The molecule has 0 bridgehead atoms. The quantitative estimate of drug-likeness (QED) is 0.341. The van der Waals surface area contributed by atoms with Crippen LogP contribution in [-0.2, 0) is 24.4 Å². The van der Waals surface area contributed by atoms with Crippen molar-refractivity contribution in [1.29, 1.82) is 0 Å². The molecule has 2 aliphatic heterocycles. The zero-order valence-electron chi connectivity index (χ0n) is 28.3. The first-order valence-corrected chi connectivity index (χ1v) is 18.6. The van der Waals surface area contributed by atoms with E-state index in [4.69, 9.17) is 19.9 Å². The fourth-order valence-electron chi connectivity index (χ4n) is 6.83. The first kappa shape index (κ1) is 36.7. The van der Waals surface area contributed by atoms with Gasteiger partial charge in [0, 0.05) is 29.4 Å². The molecular formula is C34H42F3N5O8S. The number of fused-ring (bicyclic) bond motifs is 3. The lowest BCUT2D eigenvalue weighted by molar-refractivity contribution is -0.154. The Morgan fingerprint density at radius 2 is 1.92 bits per heavy atom. The van der Waals surface area contributed by atoms with Gasteiger partial charge >= 0.3 is 6.18 Å². The van der Waals surface area contributed by atoms with Crippen molar-refractivity contribution in [3.63, 3.8) is 0 Å². The van der Waals surface area contributed by atoms with Crippen LogP contribution in [0.4, 0.5) is 13.2 Å².